The minimum Gasteiger partial charge on any atom is -0.459 e. The Labute approximate surface area is 236 Å². The molecule has 10 nitrogen and oxygen atoms in total. The first kappa shape index (κ1) is 28.0. The Kier molecular flexibility index (Phi) is 5.92. The molecule has 1 aromatic rings. The summed E-state index contributed by atoms with van der Waals surface area (Å²) in [5, 5.41) is 46.3. The predicted molar refractivity (Wildman–Crippen MR) is 139 cm³/mol. The summed E-state index contributed by atoms with van der Waals surface area (Å²) in [5.41, 5.74) is -5.01. The first-order valence-electron chi connectivity index (χ1n) is 13.3. The number of fused-ring (bicyclic) bond motifs is 2. The zero-order valence-corrected chi connectivity index (χ0v) is 23.3. The normalized spacial score (nSPS) is 50.6. The lowest BCUT2D eigenvalue weighted by molar-refractivity contribution is -0.442. The molecule has 0 aromatic heterocycles. The monoisotopic (exact) mass is 576 g/mol. The van der Waals surface area contributed by atoms with Gasteiger partial charge in [-0.25, -0.2) is 0 Å². The fourth-order valence-corrected chi connectivity index (χ4v) is 8.43. The molecule has 5 aliphatic rings. The van der Waals surface area contributed by atoms with Crippen LogP contribution in [0.4, 0.5) is 0 Å². The van der Waals surface area contributed by atoms with E-state index >= 15 is 0 Å². The highest BCUT2D eigenvalue weighted by atomic mass is 35.5. The summed E-state index contributed by atoms with van der Waals surface area (Å²) in [6.45, 7) is 9.28. The number of carbonyl (C=O) groups excluding carboxylic acids is 2. The van der Waals surface area contributed by atoms with Gasteiger partial charge in [0.05, 0.1) is 18.3 Å². The second-order valence-electron chi connectivity index (χ2n) is 11.9. The van der Waals surface area contributed by atoms with Crippen LogP contribution in [0.2, 0.25) is 0 Å². The van der Waals surface area contributed by atoms with Gasteiger partial charge in [-0.2, -0.15) is 0 Å². The van der Waals surface area contributed by atoms with E-state index in [1.807, 2.05) is 0 Å². The van der Waals surface area contributed by atoms with Crippen molar-refractivity contribution in [3.05, 3.63) is 59.7 Å². The number of hydrogen-bond acceptors (Lipinski definition) is 10. The number of hydrogen-bond donors (Lipinski definition) is 4. The second-order valence-corrected chi connectivity index (χ2v) is 12.6. The molecule has 3 bridgehead atoms. The minimum atomic E-state index is -2.61. The molecule has 40 heavy (non-hydrogen) atoms. The van der Waals surface area contributed by atoms with Crippen LogP contribution in [0.15, 0.2) is 54.1 Å². The lowest BCUT2D eigenvalue weighted by Gasteiger charge is -2.62. The number of halogens is 1. The molecule has 2 heterocycles. The van der Waals surface area contributed by atoms with Crippen molar-refractivity contribution in [3.8, 4) is 0 Å². The maximum atomic E-state index is 13.6. The fourth-order valence-electron chi connectivity index (χ4n) is 8.13. The van der Waals surface area contributed by atoms with E-state index in [-0.39, 0.29) is 5.57 Å². The molecule has 3 aliphatic carbocycles. The topological polar surface area (TPSA) is 152 Å². The number of alkyl halides is 1. The van der Waals surface area contributed by atoms with Crippen LogP contribution in [-0.4, -0.2) is 84.9 Å². The maximum Gasteiger partial charge on any atom is 0.314 e. The predicted octanol–water partition coefficient (Wildman–Crippen LogP) is 1.08. The van der Waals surface area contributed by atoms with Gasteiger partial charge < -0.3 is 39.4 Å². The highest BCUT2D eigenvalue weighted by Crippen LogP contribution is 2.71. The highest BCUT2D eigenvalue weighted by molar-refractivity contribution is 6.25. The molecule has 1 aromatic carbocycles. The number of rotatable bonds is 4. The smallest absolute Gasteiger partial charge is 0.314 e. The molecule has 4 N–H and O–H groups in total. The number of ketones is 1. The minimum absolute atomic E-state index is 0.137. The van der Waals surface area contributed by atoms with Crippen LogP contribution in [0.1, 0.15) is 33.3 Å². The number of esters is 1. The zero-order chi connectivity index (χ0) is 29.2. The molecule has 0 radical (unpaired) electrons. The largest absolute Gasteiger partial charge is 0.459 e. The van der Waals surface area contributed by atoms with Crippen LogP contribution in [0, 0.1) is 17.8 Å². The molecule has 2 saturated carbocycles. The van der Waals surface area contributed by atoms with Gasteiger partial charge >= 0.3 is 11.9 Å². The van der Waals surface area contributed by atoms with Crippen LogP contribution in [-0.2, 0) is 34.5 Å². The molecular weight excluding hydrogens is 544 g/mol. The molecule has 4 fully saturated rings. The van der Waals surface area contributed by atoms with Crippen molar-refractivity contribution in [2.75, 3.05) is 6.61 Å². The molecule has 11 heteroatoms. The molecule has 0 amide bonds. The van der Waals surface area contributed by atoms with Gasteiger partial charge in [0, 0.05) is 30.2 Å². The molecule has 2 saturated heterocycles. The van der Waals surface area contributed by atoms with Crippen molar-refractivity contribution in [2.45, 2.75) is 79.8 Å². The molecule has 1 unspecified atom stereocenters. The van der Waals surface area contributed by atoms with Crippen LogP contribution in [0.5, 0.6) is 0 Å². The van der Waals surface area contributed by atoms with Gasteiger partial charge in [0.2, 0.25) is 0 Å². The Morgan fingerprint density at radius 1 is 1.18 bits per heavy atom. The van der Waals surface area contributed by atoms with E-state index < -0.39 is 88.2 Å². The molecule has 12 atom stereocenters. The van der Waals surface area contributed by atoms with Gasteiger partial charge in [-0.3, -0.25) is 9.59 Å². The van der Waals surface area contributed by atoms with Crippen molar-refractivity contribution in [1.82, 2.24) is 0 Å². The van der Waals surface area contributed by atoms with Crippen LogP contribution in [0.3, 0.4) is 0 Å². The van der Waals surface area contributed by atoms with Gasteiger partial charge in [0.1, 0.15) is 23.2 Å². The lowest BCUT2D eigenvalue weighted by atomic mass is 9.52. The summed E-state index contributed by atoms with van der Waals surface area (Å²) < 4.78 is 26.1. The van der Waals surface area contributed by atoms with Gasteiger partial charge in [-0.1, -0.05) is 49.9 Å². The summed E-state index contributed by atoms with van der Waals surface area (Å²) in [4.78, 5) is 23.8. The van der Waals surface area contributed by atoms with Crippen LogP contribution < -0.4 is 0 Å². The number of ether oxygens (including phenoxy) is 4. The van der Waals surface area contributed by atoms with E-state index in [0.717, 1.165) is 0 Å². The zero-order valence-electron chi connectivity index (χ0n) is 22.5. The van der Waals surface area contributed by atoms with Gasteiger partial charge in [-0.15, -0.1) is 11.6 Å². The molecule has 0 spiro atoms. The standard InChI is InChI=1S/C29H33ClO10/c1-13(2)27-22(37-16(5)32)15(4)28-18-11-14(3)20(33)26(18,36)24(35)25(30,12-31)21(34)19(28)23(27)38-29(39-27,40-28)17-9-7-6-8-10-17/h6-11,15,18-19,21-24,31,34-36H,1,12H2,2-5H3/t15-,18-,19+,21+,22-,23-,24-,25-,26-,27+,28+,29?/m1/s1. The SMILES string of the molecule is C=C(C)[C@@]12OC3(c4ccccc4)O[C@@H]1[C@@H]1[C@H](O)[C@](Cl)(CO)[C@@H](O)[C@]4(O)C(=O)C(C)=C[C@H]4[C@@]1(O3)[C@H](C)[C@H]2OC(C)=O. The third-order valence-corrected chi connectivity index (χ3v) is 10.4. The van der Waals surface area contributed by atoms with E-state index in [1.54, 1.807) is 44.2 Å². The molecule has 2 aliphatic heterocycles. The van der Waals surface area contributed by atoms with Gasteiger partial charge in [-0.05, 0) is 25.0 Å². The second kappa shape index (κ2) is 8.45. The van der Waals surface area contributed by atoms with Gasteiger partial charge in [0.15, 0.2) is 17.0 Å². The average molecular weight is 577 g/mol. The van der Waals surface area contributed by atoms with Crippen molar-refractivity contribution >= 4 is 23.4 Å². The first-order valence-corrected chi connectivity index (χ1v) is 13.6. The molecule has 216 valence electrons. The van der Waals surface area contributed by atoms with E-state index in [0.29, 0.717) is 11.1 Å². The van der Waals surface area contributed by atoms with Crippen molar-refractivity contribution in [1.29, 1.82) is 0 Å². The summed E-state index contributed by atoms with van der Waals surface area (Å²) in [6, 6.07) is 8.72. The third kappa shape index (κ3) is 2.93. The number of Topliss-reactive ketones (excluding diaryl/α,β-unsaturated/α-hetero) is 1. The number of aliphatic hydroxyl groups excluding tert-OH is 3. The van der Waals surface area contributed by atoms with E-state index in [9.17, 15) is 30.0 Å². The summed E-state index contributed by atoms with van der Waals surface area (Å²) in [5.74, 6) is -6.82. The Hall–Kier alpha value is -2.15. The van der Waals surface area contributed by atoms with E-state index in [1.165, 1.54) is 19.9 Å². The number of carbonyl (C=O) groups is 2. The fraction of sp³-hybridized carbons (Fsp3) is 0.586. The summed E-state index contributed by atoms with van der Waals surface area (Å²) in [6.07, 6.45) is -4.72. The maximum absolute atomic E-state index is 13.6. The third-order valence-electron chi connectivity index (χ3n) is 9.89. The van der Waals surface area contributed by atoms with E-state index in [2.05, 4.69) is 6.58 Å². The molecule has 6 rings (SSSR count). The Morgan fingerprint density at radius 3 is 2.40 bits per heavy atom. The highest BCUT2D eigenvalue weighted by Gasteiger charge is 2.87. The Bertz CT molecular complexity index is 1330. The summed E-state index contributed by atoms with van der Waals surface area (Å²) >= 11 is 6.82. The van der Waals surface area contributed by atoms with Crippen molar-refractivity contribution in [3.63, 3.8) is 0 Å². The van der Waals surface area contributed by atoms with Crippen LogP contribution >= 0.6 is 11.6 Å². The van der Waals surface area contributed by atoms with Crippen molar-refractivity contribution in [2.24, 2.45) is 17.8 Å². The lowest BCUT2D eigenvalue weighted by Crippen LogP contribution is -2.77. The first-order chi connectivity index (χ1) is 18.7. The van der Waals surface area contributed by atoms with Gasteiger partial charge in [0.25, 0.3) is 0 Å². The summed E-state index contributed by atoms with van der Waals surface area (Å²) in [7, 11) is 0. The average Bonchev–Trinajstić information content (AvgIpc) is 3.31. The van der Waals surface area contributed by atoms with Crippen molar-refractivity contribution < 1.29 is 49.0 Å². The Morgan fingerprint density at radius 2 is 1.82 bits per heavy atom. The van der Waals surface area contributed by atoms with Crippen LogP contribution in [0.25, 0.3) is 0 Å². The quantitative estimate of drug-likeness (QED) is 0.233. The molecular formula is C29H33ClO10. The number of aliphatic hydroxyl groups is 4. The van der Waals surface area contributed by atoms with E-state index in [4.69, 9.17) is 30.5 Å². The number of benzene rings is 1. The Balaban J connectivity index is 1.73.